The molecule has 0 aliphatic rings. The van der Waals surface area contributed by atoms with E-state index in [2.05, 4.69) is 15.3 Å². The van der Waals surface area contributed by atoms with Gasteiger partial charge in [0.05, 0.1) is 11.3 Å². The van der Waals surface area contributed by atoms with E-state index in [-0.39, 0.29) is 25.9 Å². The van der Waals surface area contributed by atoms with Crippen molar-refractivity contribution < 1.29 is 34.9 Å². The maximum absolute atomic E-state index is 10.9. The van der Waals surface area contributed by atoms with E-state index < -0.39 is 5.97 Å². The van der Waals surface area contributed by atoms with Gasteiger partial charge in [-0.3, -0.25) is 4.98 Å². The molecule has 0 bridgehead atoms. The molecule has 0 aliphatic heterocycles. The fraction of sp³-hybridized carbons (Fsp3) is 0.105. The van der Waals surface area contributed by atoms with Crippen molar-refractivity contribution in [2.75, 3.05) is 5.32 Å². The van der Waals surface area contributed by atoms with Crippen molar-refractivity contribution in [2.45, 2.75) is 13.8 Å². The average molecular weight is 343 g/mol. The second-order valence-electron chi connectivity index (χ2n) is 5.52. The van der Waals surface area contributed by atoms with Crippen LogP contribution in [-0.2, 0) is 0 Å². The first-order chi connectivity index (χ1) is 12.0. The minimum atomic E-state index is -0.956. The monoisotopic (exact) mass is 343 g/mol. The molecular formula is C19H18LiN3O3. The SMILES string of the molecule is Cc1ccc(Oc2ccnc(Nc3ccc(C(=O)O)cc3)c2)c(C)n1.[H-].[Li+]. The van der Waals surface area contributed by atoms with Crippen LogP contribution in [0.2, 0.25) is 0 Å². The number of nitrogens with one attached hydrogen (secondary N) is 1. The fourth-order valence-corrected chi connectivity index (χ4v) is 2.30. The van der Waals surface area contributed by atoms with E-state index >= 15 is 0 Å². The molecule has 0 spiro atoms. The number of aryl methyl sites for hydroxylation is 2. The number of carboxylic acids is 1. The molecule has 0 unspecified atom stereocenters. The fourth-order valence-electron chi connectivity index (χ4n) is 2.30. The number of aromatic carboxylic acids is 1. The van der Waals surface area contributed by atoms with Gasteiger partial charge in [0.2, 0.25) is 0 Å². The summed E-state index contributed by atoms with van der Waals surface area (Å²) in [5, 5.41) is 12.0. The number of carbonyl (C=O) groups is 1. The van der Waals surface area contributed by atoms with Gasteiger partial charge in [0.1, 0.15) is 17.3 Å². The van der Waals surface area contributed by atoms with Crippen LogP contribution in [0.15, 0.2) is 54.7 Å². The third-order valence-electron chi connectivity index (χ3n) is 3.54. The Morgan fingerprint density at radius 2 is 1.85 bits per heavy atom. The summed E-state index contributed by atoms with van der Waals surface area (Å²) >= 11 is 0. The standard InChI is InChI=1S/C19H17N3O3.Li.H/c1-12-3-8-17(13(2)21-12)25-16-9-10-20-18(11-16)22-15-6-4-14(5-7-15)19(23)24;;/h3-11H,1-2H3,(H,20,22)(H,23,24);;/q;+1;-1. The number of ether oxygens (including phenoxy) is 1. The third kappa shape index (κ3) is 4.85. The van der Waals surface area contributed by atoms with E-state index in [1.54, 1.807) is 30.5 Å². The van der Waals surface area contributed by atoms with Gasteiger partial charge in [-0.05, 0) is 56.3 Å². The van der Waals surface area contributed by atoms with Crippen LogP contribution in [-0.4, -0.2) is 21.0 Å². The van der Waals surface area contributed by atoms with E-state index in [1.807, 2.05) is 26.0 Å². The van der Waals surface area contributed by atoms with Gasteiger partial charge in [-0.25, -0.2) is 9.78 Å². The maximum atomic E-state index is 10.9. The van der Waals surface area contributed by atoms with Crippen molar-refractivity contribution in [3.05, 3.63) is 71.7 Å². The Morgan fingerprint density at radius 1 is 1.12 bits per heavy atom. The number of hydrogen-bond acceptors (Lipinski definition) is 5. The first-order valence-electron chi connectivity index (χ1n) is 7.70. The summed E-state index contributed by atoms with van der Waals surface area (Å²) in [6, 6.07) is 13.8. The van der Waals surface area contributed by atoms with Gasteiger partial charge in [0.25, 0.3) is 0 Å². The number of nitrogens with zero attached hydrogens (tertiary/aromatic N) is 2. The van der Waals surface area contributed by atoms with E-state index in [1.165, 1.54) is 12.1 Å². The van der Waals surface area contributed by atoms with Crippen LogP contribution in [0.3, 0.4) is 0 Å². The molecular weight excluding hydrogens is 325 g/mol. The van der Waals surface area contributed by atoms with Crippen molar-refractivity contribution >= 4 is 17.5 Å². The van der Waals surface area contributed by atoms with E-state index in [9.17, 15) is 4.79 Å². The molecule has 2 heterocycles. The quantitative estimate of drug-likeness (QED) is 0.682. The molecule has 0 aliphatic carbocycles. The minimum Gasteiger partial charge on any atom is -1.00 e. The number of carboxylic acid groups (broad SMARTS) is 1. The molecule has 0 saturated heterocycles. The Hall–Kier alpha value is -2.81. The van der Waals surface area contributed by atoms with Gasteiger partial charge in [-0.2, -0.15) is 0 Å². The molecule has 1 aromatic carbocycles. The maximum Gasteiger partial charge on any atom is 1.00 e. The van der Waals surface area contributed by atoms with Crippen molar-refractivity contribution in [1.82, 2.24) is 9.97 Å². The van der Waals surface area contributed by atoms with Crippen LogP contribution in [0.25, 0.3) is 0 Å². The summed E-state index contributed by atoms with van der Waals surface area (Å²) in [7, 11) is 0. The number of anilines is 2. The van der Waals surface area contributed by atoms with Gasteiger partial charge in [-0.15, -0.1) is 0 Å². The summed E-state index contributed by atoms with van der Waals surface area (Å²) in [6.07, 6.45) is 1.64. The molecule has 2 N–H and O–H groups in total. The summed E-state index contributed by atoms with van der Waals surface area (Å²) in [6.45, 7) is 3.83. The summed E-state index contributed by atoms with van der Waals surface area (Å²) in [4.78, 5) is 19.5. The van der Waals surface area contributed by atoms with Crippen LogP contribution in [0.4, 0.5) is 11.5 Å². The van der Waals surface area contributed by atoms with Crippen LogP contribution < -0.4 is 28.9 Å². The van der Waals surface area contributed by atoms with Gasteiger partial charge in [-0.1, -0.05) is 0 Å². The first-order valence-corrected chi connectivity index (χ1v) is 7.70. The van der Waals surface area contributed by atoms with Crippen LogP contribution in [0.1, 0.15) is 23.2 Å². The van der Waals surface area contributed by atoms with Crippen molar-refractivity contribution in [1.29, 1.82) is 0 Å². The molecule has 6 nitrogen and oxygen atoms in total. The molecule has 0 radical (unpaired) electrons. The van der Waals surface area contributed by atoms with E-state index in [4.69, 9.17) is 9.84 Å². The van der Waals surface area contributed by atoms with E-state index in [0.717, 1.165) is 17.1 Å². The summed E-state index contributed by atoms with van der Waals surface area (Å²) in [5.74, 6) is 0.961. The first kappa shape index (κ1) is 19.5. The molecule has 0 amide bonds. The molecule has 128 valence electrons. The summed E-state index contributed by atoms with van der Waals surface area (Å²) < 4.78 is 5.87. The average Bonchev–Trinajstić information content (AvgIpc) is 2.58. The van der Waals surface area contributed by atoms with E-state index in [0.29, 0.717) is 17.3 Å². The Labute approximate surface area is 164 Å². The predicted molar refractivity (Wildman–Crippen MR) is 95.8 cm³/mol. The van der Waals surface area contributed by atoms with Crippen molar-refractivity contribution in [3.63, 3.8) is 0 Å². The number of rotatable bonds is 5. The second kappa shape index (κ2) is 8.52. The van der Waals surface area contributed by atoms with Gasteiger partial charge >= 0.3 is 24.8 Å². The Morgan fingerprint density at radius 3 is 2.50 bits per heavy atom. The third-order valence-corrected chi connectivity index (χ3v) is 3.54. The molecule has 0 saturated carbocycles. The molecule has 0 fully saturated rings. The Balaban J connectivity index is 0.00000182. The van der Waals surface area contributed by atoms with Gasteiger partial charge < -0.3 is 16.6 Å². The smallest absolute Gasteiger partial charge is 1.00 e. The second-order valence-corrected chi connectivity index (χ2v) is 5.52. The molecule has 0 atom stereocenters. The van der Waals surface area contributed by atoms with Crippen LogP contribution in [0.5, 0.6) is 11.5 Å². The molecule has 3 aromatic rings. The topological polar surface area (TPSA) is 84.3 Å². The normalized spacial score (nSPS) is 9.92. The van der Waals surface area contributed by atoms with Crippen LogP contribution >= 0.6 is 0 Å². The Kier molecular flexibility index (Phi) is 6.40. The number of pyridine rings is 2. The largest absolute Gasteiger partial charge is 1.00 e. The van der Waals surface area contributed by atoms with Crippen molar-refractivity contribution in [3.8, 4) is 11.5 Å². The zero-order chi connectivity index (χ0) is 17.8. The van der Waals surface area contributed by atoms with Gasteiger partial charge in [0, 0.05) is 23.6 Å². The predicted octanol–water partition coefficient (Wildman–Crippen LogP) is 1.44. The number of hydrogen-bond donors (Lipinski definition) is 2. The number of aromatic nitrogens is 2. The Bertz CT molecular complexity index is 920. The number of benzene rings is 1. The van der Waals surface area contributed by atoms with Crippen LogP contribution in [0, 0.1) is 13.8 Å². The molecule has 2 aromatic heterocycles. The molecule has 26 heavy (non-hydrogen) atoms. The van der Waals surface area contributed by atoms with Gasteiger partial charge in [0.15, 0.2) is 0 Å². The zero-order valence-corrected chi connectivity index (χ0v) is 14.9. The zero-order valence-electron chi connectivity index (χ0n) is 15.9. The minimum absolute atomic E-state index is 0. The summed E-state index contributed by atoms with van der Waals surface area (Å²) in [5.41, 5.74) is 2.73. The molecule has 3 rings (SSSR count). The van der Waals surface area contributed by atoms with Crippen molar-refractivity contribution in [2.24, 2.45) is 0 Å². The molecule has 7 heteroatoms.